The summed E-state index contributed by atoms with van der Waals surface area (Å²) in [7, 11) is 0. The van der Waals surface area contributed by atoms with E-state index in [1.807, 2.05) is 32.3 Å². The number of hydrogen-bond donors (Lipinski definition) is 2. The number of ether oxygens (including phenoxy) is 2. The van der Waals surface area contributed by atoms with Crippen LogP contribution in [0.15, 0.2) is 12.1 Å². The van der Waals surface area contributed by atoms with Crippen molar-refractivity contribution in [2.75, 3.05) is 25.4 Å². The molecule has 2 amide bonds. The molecule has 2 heterocycles. The van der Waals surface area contributed by atoms with E-state index in [9.17, 15) is 9.59 Å². The molecule has 2 aromatic rings. The van der Waals surface area contributed by atoms with E-state index in [-0.39, 0.29) is 12.0 Å². The standard InChI is InChI=1S/C21H31N5O4/c1-5-7-26-17-15(24-19(26)23)9-14(18(22)27)10-16(17)29-12-13-6-8-25(11-13)20(28)30-21(2,3)4/h9-10,13H,5-8,11-12H2,1-4H3,(H2,22,27)(H2,23,24). The van der Waals surface area contributed by atoms with Gasteiger partial charge in [-0.25, -0.2) is 9.78 Å². The maximum absolute atomic E-state index is 12.3. The van der Waals surface area contributed by atoms with Crippen LogP contribution >= 0.6 is 0 Å². The molecule has 1 aromatic carbocycles. The van der Waals surface area contributed by atoms with Crippen LogP contribution in [0, 0.1) is 5.92 Å². The third-order valence-corrected chi connectivity index (χ3v) is 4.98. The molecule has 0 saturated carbocycles. The van der Waals surface area contributed by atoms with Gasteiger partial charge in [0.15, 0.2) is 0 Å². The van der Waals surface area contributed by atoms with E-state index >= 15 is 0 Å². The summed E-state index contributed by atoms with van der Waals surface area (Å²) in [5.41, 5.74) is 12.7. The first-order valence-corrected chi connectivity index (χ1v) is 10.3. The lowest BCUT2D eigenvalue weighted by molar-refractivity contribution is 0.0284. The van der Waals surface area contributed by atoms with Crippen molar-refractivity contribution >= 4 is 29.0 Å². The molecule has 4 N–H and O–H groups in total. The highest BCUT2D eigenvalue weighted by Gasteiger charge is 2.30. The van der Waals surface area contributed by atoms with Crippen molar-refractivity contribution in [1.29, 1.82) is 0 Å². The molecular formula is C21H31N5O4. The van der Waals surface area contributed by atoms with E-state index in [0.29, 0.717) is 49.0 Å². The summed E-state index contributed by atoms with van der Waals surface area (Å²) in [6.45, 7) is 9.87. The predicted octanol–water partition coefficient (Wildman–Crippen LogP) is 2.76. The first kappa shape index (κ1) is 21.7. The van der Waals surface area contributed by atoms with Gasteiger partial charge in [0, 0.05) is 31.1 Å². The maximum atomic E-state index is 12.3. The summed E-state index contributed by atoms with van der Waals surface area (Å²) < 4.78 is 13.5. The van der Waals surface area contributed by atoms with Crippen LogP contribution < -0.4 is 16.2 Å². The quantitative estimate of drug-likeness (QED) is 0.744. The molecule has 0 bridgehead atoms. The first-order valence-electron chi connectivity index (χ1n) is 10.3. The van der Waals surface area contributed by atoms with Crippen LogP contribution in [0.2, 0.25) is 0 Å². The van der Waals surface area contributed by atoms with E-state index in [0.717, 1.165) is 18.4 Å². The van der Waals surface area contributed by atoms with Crippen LogP contribution in [0.1, 0.15) is 50.9 Å². The number of carbonyl (C=O) groups excluding carboxylic acids is 2. The average Bonchev–Trinajstić information content (AvgIpc) is 3.23. The van der Waals surface area contributed by atoms with Crippen molar-refractivity contribution in [2.45, 2.75) is 52.7 Å². The molecule has 9 nitrogen and oxygen atoms in total. The lowest BCUT2D eigenvalue weighted by Gasteiger charge is -2.24. The molecule has 3 rings (SSSR count). The zero-order valence-electron chi connectivity index (χ0n) is 18.1. The number of aromatic nitrogens is 2. The summed E-state index contributed by atoms with van der Waals surface area (Å²) in [5.74, 6) is 0.497. The third kappa shape index (κ3) is 4.77. The third-order valence-electron chi connectivity index (χ3n) is 4.98. The second-order valence-corrected chi connectivity index (χ2v) is 8.72. The molecule has 1 fully saturated rings. The summed E-state index contributed by atoms with van der Waals surface area (Å²) in [4.78, 5) is 30.1. The summed E-state index contributed by atoms with van der Waals surface area (Å²) in [6, 6.07) is 3.27. The Morgan fingerprint density at radius 2 is 2.03 bits per heavy atom. The summed E-state index contributed by atoms with van der Waals surface area (Å²) in [6.07, 6.45) is 1.38. The Kier molecular flexibility index (Phi) is 6.09. The molecule has 30 heavy (non-hydrogen) atoms. The number of carbonyl (C=O) groups is 2. The molecule has 1 aliphatic rings. The molecule has 164 valence electrons. The van der Waals surface area contributed by atoms with Crippen molar-refractivity contribution in [3.63, 3.8) is 0 Å². The number of nitrogen functional groups attached to an aromatic ring is 1. The first-order chi connectivity index (χ1) is 14.1. The number of amides is 2. The van der Waals surface area contributed by atoms with Crippen molar-refractivity contribution < 1.29 is 19.1 Å². The minimum absolute atomic E-state index is 0.157. The maximum Gasteiger partial charge on any atom is 0.410 e. The van der Waals surface area contributed by atoms with Crippen LogP contribution in [-0.4, -0.2) is 51.7 Å². The number of rotatable bonds is 6. The molecule has 1 atom stereocenters. The van der Waals surface area contributed by atoms with Crippen molar-refractivity contribution in [3.8, 4) is 5.75 Å². The van der Waals surface area contributed by atoms with E-state index < -0.39 is 11.5 Å². The van der Waals surface area contributed by atoms with Gasteiger partial charge in [-0.3, -0.25) is 4.79 Å². The van der Waals surface area contributed by atoms with Gasteiger partial charge < -0.3 is 30.4 Å². The highest BCUT2D eigenvalue weighted by atomic mass is 16.6. The molecule has 1 aromatic heterocycles. The second kappa shape index (κ2) is 8.41. The van der Waals surface area contributed by atoms with Crippen molar-refractivity contribution in [2.24, 2.45) is 11.7 Å². The van der Waals surface area contributed by atoms with Gasteiger partial charge in [-0.15, -0.1) is 0 Å². The second-order valence-electron chi connectivity index (χ2n) is 8.72. The summed E-state index contributed by atoms with van der Waals surface area (Å²) in [5, 5.41) is 0. The molecule has 1 aliphatic heterocycles. The van der Waals surface area contributed by atoms with Crippen LogP contribution in [0.25, 0.3) is 11.0 Å². The van der Waals surface area contributed by atoms with Crippen molar-refractivity contribution in [3.05, 3.63) is 17.7 Å². The van der Waals surface area contributed by atoms with Gasteiger partial charge in [-0.2, -0.15) is 0 Å². The molecule has 0 aliphatic carbocycles. The highest BCUT2D eigenvalue weighted by Crippen LogP contribution is 2.31. The topological polar surface area (TPSA) is 126 Å². The Morgan fingerprint density at radius 1 is 1.30 bits per heavy atom. The number of hydrogen-bond acceptors (Lipinski definition) is 6. The minimum Gasteiger partial charge on any atom is -0.491 e. The SMILES string of the molecule is CCCn1c(N)nc2cc(C(N)=O)cc(OCC3CCN(C(=O)OC(C)(C)C)C3)c21. The number of nitrogens with two attached hydrogens (primary N) is 2. The number of fused-ring (bicyclic) bond motifs is 1. The van der Waals surface area contributed by atoms with Gasteiger partial charge in [0.1, 0.15) is 16.9 Å². The number of benzene rings is 1. The van der Waals surface area contributed by atoms with Crippen molar-refractivity contribution in [1.82, 2.24) is 14.5 Å². The van der Waals surface area contributed by atoms with Crippen LogP contribution in [0.3, 0.4) is 0 Å². The Balaban J connectivity index is 1.77. The Morgan fingerprint density at radius 3 is 2.67 bits per heavy atom. The van der Waals surface area contributed by atoms with Gasteiger partial charge in [-0.05, 0) is 45.7 Å². The molecule has 0 spiro atoms. The minimum atomic E-state index is -0.553. The lowest BCUT2D eigenvalue weighted by Crippen LogP contribution is -2.35. The highest BCUT2D eigenvalue weighted by molar-refractivity contribution is 5.98. The molecule has 1 unspecified atom stereocenters. The molecule has 0 radical (unpaired) electrons. The van der Waals surface area contributed by atoms with Crippen LogP contribution in [0.4, 0.5) is 10.7 Å². The zero-order chi connectivity index (χ0) is 22.1. The van der Waals surface area contributed by atoms with Crippen LogP contribution in [-0.2, 0) is 11.3 Å². The van der Waals surface area contributed by atoms with Gasteiger partial charge in [0.05, 0.1) is 12.1 Å². The fourth-order valence-electron chi connectivity index (χ4n) is 3.62. The van der Waals surface area contributed by atoms with E-state index in [1.54, 1.807) is 17.0 Å². The fourth-order valence-corrected chi connectivity index (χ4v) is 3.62. The Bertz CT molecular complexity index is 947. The molecule has 9 heteroatoms. The normalized spacial score (nSPS) is 16.8. The number of imidazole rings is 1. The largest absolute Gasteiger partial charge is 0.491 e. The van der Waals surface area contributed by atoms with E-state index in [1.165, 1.54) is 0 Å². The number of anilines is 1. The van der Waals surface area contributed by atoms with E-state index in [4.69, 9.17) is 20.9 Å². The Labute approximate surface area is 176 Å². The Hall–Kier alpha value is -2.97. The number of aryl methyl sites for hydroxylation is 1. The van der Waals surface area contributed by atoms with E-state index in [2.05, 4.69) is 4.98 Å². The van der Waals surface area contributed by atoms with Crippen LogP contribution in [0.5, 0.6) is 5.75 Å². The van der Waals surface area contributed by atoms with Gasteiger partial charge >= 0.3 is 6.09 Å². The summed E-state index contributed by atoms with van der Waals surface area (Å²) >= 11 is 0. The number of nitrogens with zero attached hydrogens (tertiary/aromatic N) is 3. The number of primary amides is 1. The predicted molar refractivity (Wildman–Crippen MR) is 114 cm³/mol. The zero-order valence-corrected chi connectivity index (χ0v) is 18.1. The molecular weight excluding hydrogens is 386 g/mol. The number of likely N-dealkylation sites (tertiary alicyclic amines) is 1. The molecule has 1 saturated heterocycles. The lowest BCUT2D eigenvalue weighted by atomic mass is 10.1. The van der Waals surface area contributed by atoms with Gasteiger partial charge in [0.2, 0.25) is 11.9 Å². The fraction of sp³-hybridized carbons (Fsp3) is 0.571. The smallest absolute Gasteiger partial charge is 0.410 e. The monoisotopic (exact) mass is 417 g/mol. The van der Waals surface area contributed by atoms with Gasteiger partial charge in [0.25, 0.3) is 0 Å². The van der Waals surface area contributed by atoms with Gasteiger partial charge in [-0.1, -0.05) is 6.92 Å². The average molecular weight is 418 g/mol.